The number of hydrogen-bond donors (Lipinski definition) is 1. The Morgan fingerprint density at radius 3 is 2.44 bits per heavy atom. The third-order valence-electron chi connectivity index (χ3n) is 6.05. The van der Waals surface area contributed by atoms with Crippen LogP contribution in [0.25, 0.3) is 0 Å². The summed E-state index contributed by atoms with van der Waals surface area (Å²) >= 11 is 1.50. The molecule has 0 saturated heterocycles. The average molecular weight is 363 g/mol. The first-order valence-corrected chi connectivity index (χ1v) is 11.1. The van der Waals surface area contributed by atoms with E-state index >= 15 is 0 Å². The zero-order chi connectivity index (χ0) is 17.1. The molecule has 0 aliphatic heterocycles. The number of amides is 1. The maximum absolute atomic E-state index is 12.7. The number of hydrogen-bond acceptors (Lipinski definition) is 4. The minimum absolute atomic E-state index is 0.289. The fraction of sp³-hybridized carbons (Fsp3) is 0.842. The molecule has 0 bridgehead atoms. The van der Waals surface area contributed by atoms with Gasteiger partial charge < -0.3 is 4.90 Å². The van der Waals surface area contributed by atoms with E-state index in [1.807, 2.05) is 0 Å². The van der Waals surface area contributed by atoms with E-state index < -0.39 is 0 Å². The lowest BCUT2D eigenvalue weighted by Crippen LogP contribution is -2.41. The Hall–Kier alpha value is -1.04. The fourth-order valence-electron chi connectivity index (χ4n) is 4.54. The molecule has 1 aromatic rings. The van der Waals surface area contributed by atoms with Gasteiger partial charge in [0.2, 0.25) is 11.1 Å². The van der Waals surface area contributed by atoms with Gasteiger partial charge in [0.1, 0.15) is 5.82 Å². The van der Waals surface area contributed by atoms with E-state index in [4.69, 9.17) is 0 Å². The molecule has 0 atom stereocenters. The first kappa shape index (κ1) is 17.4. The van der Waals surface area contributed by atoms with Crippen molar-refractivity contribution in [3.8, 4) is 0 Å². The molecule has 3 aliphatic carbocycles. The van der Waals surface area contributed by atoms with E-state index in [0.29, 0.717) is 17.8 Å². The normalized spacial score (nSPS) is 21.9. The highest BCUT2D eigenvalue weighted by molar-refractivity contribution is 7.99. The van der Waals surface area contributed by atoms with Crippen LogP contribution in [0.3, 0.4) is 0 Å². The van der Waals surface area contributed by atoms with Crippen LogP contribution in [0, 0.1) is 5.92 Å². The van der Waals surface area contributed by atoms with Crippen LogP contribution >= 0.6 is 11.8 Å². The van der Waals surface area contributed by atoms with Gasteiger partial charge in [0.25, 0.3) is 0 Å². The second-order valence-electron chi connectivity index (χ2n) is 8.01. The van der Waals surface area contributed by atoms with Gasteiger partial charge in [0, 0.05) is 18.5 Å². The predicted octanol–water partition coefficient (Wildman–Crippen LogP) is 3.95. The summed E-state index contributed by atoms with van der Waals surface area (Å²) in [7, 11) is 0. The van der Waals surface area contributed by atoms with Gasteiger partial charge in [0.05, 0.1) is 5.75 Å². The first-order valence-electron chi connectivity index (χ1n) is 10.1. The van der Waals surface area contributed by atoms with E-state index in [9.17, 15) is 4.79 Å². The molecule has 0 spiro atoms. The number of aromatic amines is 1. The maximum atomic E-state index is 12.7. The molecule has 6 heteroatoms. The number of aromatic nitrogens is 3. The lowest BCUT2D eigenvalue weighted by molar-refractivity contribution is -0.131. The number of carbonyl (C=O) groups excluding carboxylic acids is 1. The van der Waals surface area contributed by atoms with Crippen molar-refractivity contribution in [2.24, 2.45) is 5.92 Å². The summed E-state index contributed by atoms with van der Waals surface area (Å²) in [6.07, 6.45) is 15.1. The van der Waals surface area contributed by atoms with Crippen molar-refractivity contribution in [3.63, 3.8) is 0 Å². The largest absolute Gasteiger partial charge is 0.336 e. The lowest BCUT2D eigenvalue weighted by Gasteiger charge is -2.28. The van der Waals surface area contributed by atoms with Crippen molar-refractivity contribution in [3.05, 3.63) is 5.82 Å². The second-order valence-corrected chi connectivity index (χ2v) is 8.96. The summed E-state index contributed by atoms with van der Waals surface area (Å²) in [6.45, 7) is 0. The van der Waals surface area contributed by atoms with Gasteiger partial charge in [-0.3, -0.25) is 9.89 Å². The Balaban J connectivity index is 1.25. The average Bonchev–Trinajstić information content (AvgIpc) is 3.05. The van der Waals surface area contributed by atoms with Crippen LogP contribution in [-0.4, -0.2) is 43.8 Å². The molecule has 1 heterocycles. The van der Waals surface area contributed by atoms with E-state index in [-0.39, 0.29) is 5.91 Å². The summed E-state index contributed by atoms with van der Waals surface area (Å²) < 4.78 is 0. The number of H-pyrrole nitrogens is 1. The summed E-state index contributed by atoms with van der Waals surface area (Å²) in [6, 6.07) is 1.01. The molecule has 0 aromatic carbocycles. The van der Waals surface area contributed by atoms with Crippen molar-refractivity contribution in [1.29, 1.82) is 0 Å². The van der Waals surface area contributed by atoms with Crippen molar-refractivity contribution in [2.75, 3.05) is 5.75 Å². The van der Waals surface area contributed by atoms with E-state index in [2.05, 4.69) is 20.1 Å². The molecule has 1 N–H and O–H groups in total. The van der Waals surface area contributed by atoms with Gasteiger partial charge in [-0.15, -0.1) is 5.10 Å². The van der Waals surface area contributed by atoms with Crippen LogP contribution in [0.4, 0.5) is 0 Å². The topological polar surface area (TPSA) is 61.9 Å². The molecule has 3 saturated carbocycles. The Bertz CT molecular complexity index is 574. The number of thioether (sulfide) groups is 1. The summed E-state index contributed by atoms with van der Waals surface area (Å²) in [5.74, 6) is 2.63. The highest BCUT2D eigenvalue weighted by atomic mass is 32.2. The highest BCUT2D eigenvalue weighted by Gasteiger charge is 2.38. The molecular weight excluding hydrogens is 332 g/mol. The standard InChI is InChI=1S/C19H30N4OS/c24-18(23(16-10-11-16)15-7-3-4-8-15)13-25-19-20-17(21-22-19)12-9-14-5-1-2-6-14/h14-16H,1-13H2,(H,20,21,22). The van der Waals surface area contributed by atoms with Crippen molar-refractivity contribution in [2.45, 2.75) is 94.3 Å². The Morgan fingerprint density at radius 1 is 1.04 bits per heavy atom. The molecule has 1 aromatic heterocycles. The molecule has 0 unspecified atom stereocenters. The van der Waals surface area contributed by atoms with Gasteiger partial charge >= 0.3 is 0 Å². The van der Waals surface area contributed by atoms with Gasteiger partial charge in [-0.05, 0) is 38.0 Å². The Kier molecular flexibility index (Phi) is 5.63. The van der Waals surface area contributed by atoms with Gasteiger partial charge in [-0.2, -0.15) is 0 Å². The number of nitrogens with zero attached hydrogens (tertiary/aromatic N) is 3. The van der Waals surface area contributed by atoms with Gasteiger partial charge in [-0.25, -0.2) is 4.98 Å². The second kappa shape index (κ2) is 8.11. The van der Waals surface area contributed by atoms with Crippen LogP contribution in [0.5, 0.6) is 0 Å². The minimum atomic E-state index is 0.289. The van der Waals surface area contributed by atoms with Crippen molar-refractivity contribution in [1.82, 2.24) is 20.1 Å². The van der Waals surface area contributed by atoms with Crippen LogP contribution in [0.1, 0.15) is 76.5 Å². The lowest BCUT2D eigenvalue weighted by atomic mass is 10.0. The zero-order valence-electron chi connectivity index (χ0n) is 15.1. The third-order valence-corrected chi connectivity index (χ3v) is 6.88. The highest BCUT2D eigenvalue weighted by Crippen LogP contribution is 2.35. The van der Waals surface area contributed by atoms with E-state index in [1.165, 1.54) is 82.4 Å². The molecule has 3 fully saturated rings. The van der Waals surface area contributed by atoms with E-state index in [0.717, 1.165) is 23.3 Å². The Labute approximate surface area is 154 Å². The SMILES string of the molecule is O=C(CSc1n[nH]c(CCC2CCCC2)n1)N(C1CCCC1)C1CC1. The molecular formula is C19H30N4OS. The first-order chi connectivity index (χ1) is 12.3. The number of rotatable bonds is 8. The molecule has 1 amide bonds. The molecule has 5 nitrogen and oxygen atoms in total. The molecule has 3 aliphatic rings. The Morgan fingerprint density at radius 2 is 1.72 bits per heavy atom. The van der Waals surface area contributed by atoms with E-state index in [1.54, 1.807) is 0 Å². The van der Waals surface area contributed by atoms with Crippen molar-refractivity contribution >= 4 is 17.7 Å². The smallest absolute Gasteiger partial charge is 0.233 e. The maximum Gasteiger partial charge on any atom is 0.233 e. The van der Waals surface area contributed by atoms with Gasteiger partial charge in [-0.1, -0.05) is 50.3 Å². The number of carbonyl (C=O) groups is 1. The predicted molar refractivity (Wildman–Crippen MR) is 99.5 cm³/mol. The molecule has 138 valence electrons. The van der Waals surface area contributed by atoms with Crippen molar-refractivity contribution < 1.29 is 4.79 Å². The quantitative estimate of drug-likeness (QED) is 0.711. The van der Waals surface area contributed by atoms with Crippen LogP contribution in [0.2, 0.25) is 0 Å². The summed E-state index contributed by atoms with van der Waals surface area (Å²) in [5, 5.41) is 8.11. The third kappa shape index (κ3) is 4.57. The van der Waals surface area contributed by atoms with Crippen LogP contribution in [-0.2, 0) is 11.2 Å². The van der Waals surface area contributed by atoms with Gasteiger partial charge in [0.15, 0.2) is 0 Å². The molecule has 0 radical (unpaired) electrons. The number of aryl methyl sites for hydroxylation is 1. The molecule has 25 heavy (non-hydrogen) atoms. The summed E-state index contributed by atoms with van der Waals surface area (Å²) in [4.78, 5) is 19.5. The minimum Gasteiger partial charge on any atom is -0.336 e. The van der Waals surface area contributed by atoms with Crippen LogP contribution in [0.15, 0.2) is 5.16 Å². The monoisotopic (exact) mass is 362 g/mol. The summed E-state index contributed by atoms with van der Waals surface area (Å²) in [5.41, 5.74) is 0. The molecule has 4 rings (SSSR count). The zero-order valence-corrected chi connectivity index (χ0v) is 15.9. The van der Waals surface area contributed by atoms with Crippen LogP contribution < -0.4 is 0 Å². The fourth-order valence-corrected chi connectivity index (χ4v) is 5.22. The number of nitrogens with one attached hydrogen (secondary N) is 1.